The quantitative estimate of drug-likeness (QED) is 0.729. The summed E-state index contributed by atoms with van der Waals surface area (Å²) in [7, 11) is 0. The van der Waals surface area contributed by atoms with Crippen LogP contribution in [-0.4, -0.2) is 54.5 Å². The zero-order valence-corrected chi connectivity index (χ0v) is 9.91. The van der Waals surface area contributed by atoms with Gasteiger partial charge in [0.25, 0.3) is 0 Å². The third-order valence-electron chi connectivity index (χ3n) is 3.18. The minimum absolute atomic E-state index is 0.198. The van der Waals surface area contributed by atoms with Crippen LogP contribution in [-0.2, 0) is 4.79 Å². The highest BCUT2D eigenvalue weighted by molar-refractivity contribution is 5.73. The molecule has 2 N–H and O–H groups in total. The highest BCUT2D eigenvalue weighted by Gasteiger charge is 2.24. The number of hydrogen-bond acceptors (Lipinski definition) is 3. The normalized spacial score (nSPS) is 22.1. The third-order valence-corrected chi connectivity index (χ3v) is 3.18. The molecule has 4 nitrogen and oxygen atoms in total. The second kappa shape index (κ2) is 6.08. The van der Waals surface area contributed by atoms with Crippen molar-refractivity contribution >= 4 is 5.91 Å². The number of amides is 1. The SMILES string of the molecule is CCN(CCN)[C@H]1CCCN(C(C)=O)C1. The minimum atomic E-state index is 0.198. The molecule has 0 unspecified atom stereocenters. The lowest BCUT2D eigenvalue weighted by molar-refractivity contribution is -0.130. The molecule has 1 rings (SSSR count). The smallest absolute Gasteiger partial charge is 0.219 e. The first kappa shape index (κ1) is 12.5. The lowest BCUT2D eigenvalue weighted by atomic mass is 10.0. The van der Waals surface area contributed by atoms with Crippen molar-refractivity contribution in [2.24, 2.45) is 5.73 Å². The van der Waals surface area contributed by atoms with E-state index >= 15 is 0 Å². The van der Waals surface area contributed by atoms with Crippen molar-refractivity contribution in [2.45, 2.75) is 32.7 Å². The van der Waals surface area contributed by atoms with Crippen LogP contribution in [0, 0.1) is 0 Å². The van der Waals surface area contributed by atoms with E-state index in [0.717, 1.165) is 32.6 Å². The monoisotopic (exact) mass is 213 g/mol. The van der Waals surface area contributed by atoms with Crippen LogP contribution in [0.15, 0.2) is 0 Å². The lowest BCUT2D eigenvalue weighted by Gasteiger charge is -2.38. The number of carbonyl (C=O) groups is 1. The van der Waals surface area contributed by atoms with E-state index in [2.05, 4.69) is 11.8 Å². The Bertz CT molecular complexity index is 208. The van der Waals surface area contributed by atoms with Crippen molar-refractivity contribution in [3.05, 3.63) is 0 Å². The van der Waals surface area contributed by atoms with Crippen molar-refractivity contribution in [3.63, 3.8) is 0 Å². The summed E-state index contributed by atoms with van der Waals surface area (Å²) in [4.78, 5) is 15.6. The lowest BCUT2D eigenvalue weighted by Crippen LogP contribution is -2.50. The summed E-state index contributed by atoms with van der Waals surface area (Å²) in [5, 5.41) is 0. The Morgan fingerprint density at radius 2 is 2.33 bits per heavy atom. The molecule has 0 saturated carbocycles. The Morgan fingerprint density at radius 3 is 2.87 bits per heavy atom. The molecule has 1 fully saturated rings. The Labute approximate surface area is 92.4 Å². The fraction of sp³-hybridized carbons (Fsp3) is 0.909. The molecule has 0 bridgehead atoms. The fourth-order valence-electron chi connectivity index (χ4n) is 2.30. The first-order valence-corrected chi connectivity index (χ1v) is 5.88. The Hall–Kier alpha value is -0.610. The van der Waals surface area contributed by atoms with Crippen molar-refractivity contribution in [1.29, 1.82) is 0 Å². The molecule has 4 heteroatoms. The molecule has 0 spiro atoms. The summed E-state index contributed by atoms with van der Waals surface area (Å²) in [6, 6.07) is 0.510. The molecule has 88 valence electrons. The first-order chi connectivity index (χ1) is 7.19. The van der Waals surface area contributed by atoms with E-state index in [0.29, 0.717) is 12.6 Å². The van der Waals surface area contributed by atoms with Crippen LogP contribution in [0.25, 0.3) is 0 Å². The van der Waals surface area contributed by atoms with E-state index in [1.165, 1.54) is 6.42 Å². The van der Waals surface area contributed by atoms with Gasteiger partial charge in [-0.15, -0.1) is 0 Å². The van der Waals surface area contributed by atoms with Crippen LogP contribution >= 0.6 is 0 Å². The van der Waals surface area contributed by atoms with Crippen LogP contribution in [0.5, 0.6) is 0 Å². The molecule has 15 heavy (non-hydrogen) atoms. The summed E-state index contributed by atoms with van der Waals surface area (Å²) in [6.45, 7) is 8.27. The predicted molar refractivity (Wildman–Crippen MR) is 61.6 cm³/mol. The molecule has 0 aliphatic carbocycles. The molecular formula is C11H23N3O. The van der Waals surface area contributed by atoms with Crippen LogP contribution in [0.4, 0.5) is 0 Å². The van der Waals surface area contributed by atoms with E-state index in [4.69, 9.17) is 5.73 Å². The molecule has 0 radical (unpaired) electrons. The standard InChI is InChI=1S/C11H23N3O/c1-3-13(8-6-12)11-5-4-7-14(9-11)10(2)15/h11H,3-9,12H2,1-2H3/t11-/m0/s1. The number of hydrogen-bond donors (Lipinski definition) is 1. The second-order valence-electron chi connectivity index (χ2n) is 4.18. The number of rotatable bonds is 4. The summed E-state index contributed by atoms with van der Waals surface area (Å²) in [6.07, 6.45) is 2.31. The van der Waals surface area contributed by atoms with Gasteiger partial charge in [0.1, 0.15) is 0 Å². The molecular weight excluding hydrogens is 190 g/mol. The van der Waals surface area contributed by atoms with E-state index in [1.807, 2.05) is 4.90 Å². The van der Waals surface area contributed by atoms with Crippen molar-refractivity contribution in [3.8, 4) is 0 Å². The maximum Gasteiger partial charge on any atom is 0.219 e. The Morgan fingerprint density at radius 1 is 1.60 bits per heavy atom. The van der Waals surface area contributed by atoms with E-state index in [1.54, 1.807) is 6.92 Å². The van der Waals surface area contributed by atoms with E-state index < -0.39 is 0 Å². The highest BCUT2D eigenvalue weighted by Crippen LogP contribution is 2.15. The van der Waals surface area contributed by atoms with E-state index in [-0.39, 0.29) is 5.91 Å². The van der Waals surface area contributed by atoms with Gasteiger partial charge >= 0.3 is 0 Å². The second-order valence-corrected chi connectivity index (χ2v) is 4.18. The molecule has 1 amide bonds. The highest BCUT2D eigenvalue weighted by atomic mass is 16.2. The average Bonchev–Trinajstić information content (AvgIpc) is 2.26. The number of carbonyl (C=O) groups excluding carboxylic acids is 1. The minimum Gasteiger partial charge on any atom is -0.341 e. The van der Waals surface area contributed by atoms with Crippen molar-refractivity contribution in [2.75, 3.05) is 32.7 Å². The Balaban J connectivity index is 2.49. The zero-order chi connectivity index (χ0) is 11.3. The van der Waals surface area contributed by atoms with Crippen LogP contribution in [0.3, 0.4) is 0 Å². The first-order valence-electron chi connectivity index (χ1n) is 5.88. The van der Waals surface area contributed by atoms with Gasteiger partial charge in [-0.2, -0.15) is 0 Å². The van der Waals surface area contributed by atoms with Gasteiger partial charge < -0.3 is 10.6 Å². The third kappa shape index (κ3) is 3.47. The van der Waals surface area contributed by atoms with Gasteiger partial charge in [0, 0.05) is 39.1 Å². The van der Waals surface area contributed by atoms with Gasteiger partial charge in [-0.1, -0.05) is 6.92 Å². The number of likely N-dealkylation sites (N-methyl/N-ethyl adjacent to an activating group) is 1. The fourth-order valence-corrected chi connectivity index (χ4v) is 2.30. The molecule has 1 atom stereocenters. The maximum atomic E-state index is 11.3. The molecule has 1 saturated heterocycles. The number of likely N-dealkylation sites (tertiary alicyclic amines) is 1. The topological polar surface area (TPSA) is 49.6 Å². The summed E-state index contributed by atoms with van der Waals surface area (Å²) < 4.78 is 0. The van der Waals surface area contributed by atoms with E-state index in [9.17, 15) is 4.79 Å². The van der Waals surface area contributed by atoms with Gasteiger partial charge in [0.15, 0.2) is 0 Å². The number of nitrogens with two attached hydrogens (primary N) is 1. The number of piperidine rings is 1. The Kier molecular flexibility index (Phi) is 5.05. The van der Waals surface area contributed by atoms with Crippen LogP contribution in [0.1, 0.15) is 26.7 Å². The van der Waals surface area contributed by atoms with Gasteiger partial charge in [-0.25, -0.2) is 0 Å². The predicted octanol–water partition coefficient (Wildman–Crippen LogP) is 0.278. The molecule has 1 aliphatic rings. The molecule has 0 aromatic carbocycles. The zero-order valence-electron chi connectivity index (χ0n) is 9.91. The van der Waals surface area contributed by atoms with Gasteiger partial charge in [-0.3, -0.25) is 9.69 Å². The molecule has 1 aliphatic heterocycles. The maximum absolute atomic E-state index is 11.3. The summed E-state index contributed by atoms with van der Waals surface area (Å²) >= 11 is 0. The molecule has 0 aromatic rings. The summed E-state index contributed by atoms with van der Waals surface area (Å²) in [5.41, 5.74) is 5.58. The van der Waals surface area contributed by atoms with Crippen molar-refractivity contribution in [1.82, 2.24) is 9.80 Å². The molecule has 1 heterocycles. The van der Waals surface area contributed by atoms with Crippen molar-refractivity contribution < 1.29 is 4.79 Å². The van der Waals surface area contributed by atoms with Crippen LogP contribution < -0.4 is 5.73 Å². The van der Waals surface area contributed by atoms with Gasteiger partial charge in [-0.05, 0) is 19.4 Å². The largest absolute Gasteiger partial charge is 0.341 e. The molecule has 0 aromatic heterocycles. The summed E-state index contributed by atoms with van der Waals surface area (Å²) in [5.74, 6) is 0.198. The number of nitrogens with zero attached hydrogens (tertiary/aromatic N) is 2. The average molecular weight is 213 g/mol. The van der Waals surface area contributed by atoms with Gasteiger partial charge in [0.05, 0.1) is 0 Å². The van der Waals surface area contributed by atoms with Crippen LogP contribution in [0.2, 0.25) is 0 Å². The van der Waals surface area contributed by atoms with Gasteiger partial charge in [0.2, 0.25) is 5.91 Å².